The van der Waals surface area contributed by atoms with Crippen molar-refractivity contribution in [2.24, 2.45) is 0 Å². The third kappa shape index (κ3) is 4.82. The molecule has 0 saturated heterocycles. The zero-order chi connectivity index (χ0) is 14.3. The average molecular weight is 267 g/mol. The fourth-order valence-corrected chi connectivity index (χ4v) is 1.45. The fraction of sp³-hybridized carbons (Fsp3) is 0.417. The van der Waals surface area contributed by atoms with Crippen LogP contribution in [0.4, 0.5) is 10.5 Å². The second kappa shape index (κ2) is 7.20. The summed E-state index contributed by atoms with van der Waals surface area (Å²) in [4.78, 5) is 26.4. The molecule has 0 radical (unpaired) electrons. The van der Waals surface area contributed by atoms with Crippen LogP contribution in [-0.2, 0) is 4.79 Å². The van der Waals surface area contributed by atoms with E-state index in [9.17, 15) is 9.59 Å². The Morgan fingerprint density at radius 1 is 1.47 bits per heavy atom. The van der Waals surface area contributed by atoms with E-state index in [2.05, 4.69) is 15.6 Å². The maximum absolute atomic E-state index is 11.6. The quantitative estimate of drug-likeness (QED) is 0.724. The minimum Gasteiger partial charge on any atom is -0.481 e. The molecule has 0 spiro atoms. The molecule has 3 N–H and O–H groups in total. The molecule has 7 nitrogen and oxygen atoms in total. The molecule has 19 heavy (non-hydrogen) atoms. The molecule has 1 aromatic heterocycles. The standard InChI is InChI=1S/C12H17N3O4/c1-3-4-9(11(16)17)15-12(18)14-8-5-6-10(19-2)13-7-8/h5-7,9H,3-4H2,1-2H3,(H,16,17)(H2,14,15,18)/t9-/m1/s1. The highest BCUT2D eigenvalue weighted by molar-refractivity contribution is 5.92. The topological polar surface area (TPSA) is 101 Å². The van der Waals surface area contributed by atoms with Gasteiger partial charge in [-0.2, -0.15) is 0 Å². The van der Waals surface area contributed by atoms with Crippen LogP contribution in [0.25, 0.3) is 0 Å². The highest BCUT2D eigenvalue weighted by Crippen LogP contribution is 2.10. The average Bonchev–Trinajstić information content (AvgIpc) is 2.39. The van der Waals surface area contributed by atoms with Gasteiger partial charge in [0.1, 0.15) is 6.04 Å². The first-order valence-electron chi connectivity index (χ1n) is 5.87. The number of urea groups is 1. The molecule has 1 aromatic rings. The molecule has 0 aliphatic rings. The van der Waals surface area contributed by atoms with E-state index in [1.807, 2.05) is 6.92 Å². The predicted molar refractivity (Wildman–Crippen MR) is 69.3 cm³/mol. The lowest BCUT2D eigenvalue weighted by atomic mass is 10.2. The van der Waals surface area contributed by atoms with Crippen molar-refractivity contribution in [2.45, 2.75) is 25.8 Å². The van der Waals surface area contributed by atoms with Crippen molar-refractivity contribution < 1.29 is 19.4 Å². The summed E-state index contributed by atoms with van der Waals surface area (Å²) in [5.74, 6) is -0.620. The molecule has 0 aliphatic carbocycles. The normalized spacial score (nSPS) is 11.5. The number of ether oxygens (including phenoxy) is 1. The lowest BCUT2D eigenvalue weighted by Crippen LogP contribution is -2.42. The summed E-state index contributed by atoms with van der Waals surface area (Å²) in [6.07, 6.45) is 2.47. The SMILES string of the molecule is CCC[C@@H](NC(=O)Nc1ccc(OC)nc1)C(=O)O. The largest absolute Gasteiger partial charge is 0.481 e. The maximum atomic E-state index is 11.6. The number of anilines is 1. The van der Waals surface area contributed by atoms with E-state index in [0.29, 0.717) is 24.4 Å². The van der Waals surface area contributed by atoms with Crippen molar-refractivity contribution in [1.82, 2.24) is 10.3 Å². The molecule has 0 bridgehead atoms. The van der Waals surface area contributed by atoms with Crippen molar-refractivity contribution in [3.8, 4) is 5.88 Å². The number of amides is 2. The lowest BCUT2D eigenvalue weighted by Gasteiger charge is -2.14. The summed E-state index contributed by atoms with van der Waals surface area (Å²) < 4.78 is 4.88. The monoisotopic (exact) mass is 267 g/mol. The third-order valence-electron chi connectivity index (χ3n) is 2.38. The van der Waals surface area contributed by atoms with Gasteiger partial charge in [0.05, 0.1) is 19.0 Å². The molecule has 2 amide bonds. The molecule has 0 aromatic carbocycles. The summed E-state index contributed by atoms with van der Waals surface area (Å²) in [5.41, 5.74) is 0.457. The Balaban J connectivity index is 2.55. The molecule has 0 saturated carbocycles. The van der Waals surface area contributed by atoms with Crippen LogP contribution in [0, 0.1) is 0 Å². The van der Waals surface area contributed by atoms with Crippen molar-refractivity contribution in [3.63, 3.8) is 0 Å². The van der Waals surface area contributed by atoms with Crippen LogP contribution >= 0.6 is 0 Å². The van der Waals surface area contributed by atoms with Crippen molar-refractivity contribution in [1.29, 1.82) is 0 Å². The van der Waals surface area contributed by atoms with Crippen LogP contribution in [0.5, 0.6) is 5.88 Å². The minimum absolute atomic E-state index is 0.379. The number of hydrogen-bond acceptors (Lipinski definition) is 4. The third-order valence-corrected chi connectivity index (χ3v) is 2.38. The molecular formula is C12H17N3O4. The number of carbonyl (C=O) groups excluding carboxylic acids is 1. The van der Waals surface area contributed by atoms with Crippen molar-refractivity contribution >= 4 is 17.7 Å². The Kier molecular flexibility index (Phi) is 5.59. The molecule has 0 fully saturated rings. The Morgan fingerprint density at radius 2 is 2.21 bits per heavy atom. The number of carboxylic acids is 1. The number of nitrogens with one attached hydrogen (secondary N) is 2. The van der Waals surface area contributed by atoms with Gasteiger partial charge < -0.3 is 20.5 Å². The van der Waals surface area contributed by atoms with Gasteiger partial charge in [0.15, 0.2) is 0 Å². The van der Waals surface area contributed by atoms with Crippen molar-refractivity contribution in [2.75, 3.05) is 12.4 Å². The van der Waals surface area contributed by atoms with Gasteiger partial charge in [0.2, 0.25) is 5.88 Å². The zero-order valence-electron chi connectivity index (χ0n) is 10.8. The number of carboxylic acid groups (broad SMARTS) is 1. The first kappa shape index (κ1) is 14.7. The number of aromatic nitrogens is 1. The Labute approximate surface area is 111 Å². The van der Waals surface area contributed by atoms with Crippen LogP contribution in [-0.4, -0.2) is 35.2 Å². The molecular weight excluding hydrogens is 250 g/mol. The number of pyridine rings is 1. The number of rotatable bonds is 6. The summed E-state index contributed by atoms with van der Waals surface area (Å²) in [6.45, 7) is 1.85. The maximum Gasteiger partial charge on any atom is 0.326 e. The van der Waals surface area contributed by atoms with E-state index in [0.717, 1.165) is 0 Å². The van der Waals surface area contributed by atoms with E-state index in [1.54, 1.807) is 12.1 Å². The minimum atomic E-state index is -1.05. The van der Waals surface area contributed by atoms with Gasteiger partial charge in [-0.25, -0.2) is 14.6 Å². The lowest BCUT2D eigenvalue weighted by molar-refractivity contribution is -0.139. The summed E-state index contributed by atoms with van der Waals surface area (Å²) in [5, 5.41) is 13.8. The van der Waals surface area contributed by atoms with Crippen LogP contribution in [0.2, 0.25) is 0 Å². The van der Waals surface area contributed by atoms with Crippen molar-refractivity contribution in [3.05, 3.63) is 18.3 Å². The number of hydrogen-bond donors (Lipinski definition) is 3. The second-order valence-electron chi connectivity index (χ2n) is 3.87. The van der Waals surface area contributed by atoms with Gasteiger partial charge in [-0.1, -0.05) is 13.3 Å². The number of carbonyl (C=O) groups is 2. The molecule has 1 heterocycles. The smallest absolute Gasteiger partial charge is 0.326 e. The first-order chi connectivity index (χ1) is 9.06. The van der Waals surface area contributed by atoms with Gasteiger partial charge >= 0.3 is 12.0 Å². The van der Waals surface area contributed by atoms with Crippen LogP contribution < -0.4 is 15.4 Å². The molecule has 7 heteroatoms. The van der Waals surface area contributed by atoms with E-state index in [-0.39, 0.29) is 0 Å². The zero-order valence-corrected chi connectivity index (χ0v) is 10.8. The molecule has 0 aliphatic heterocycles. The molecule has 1 rings (SSSR count). The number of methoxy groups -OCH3 is 1. The van der Waals surface area contributed by atoms with Crippen LogP contribution in [0.3, 0.4) is 0 Å². The number of nitrogens with zero attached hydrogens (tertiary/aromatic N) is 1. The van der Waals surface area contributed by atoms with Crippen LogP contribution in [0.15, 0.2) is 18.3 Å². The molecule has 1 atom stereocenters. The Bertz CT molecular complexity index is 433. The summed E-state index contributed by atoms with van der Waals surface area (Å²) in [6, 6.07) is 1.74. The Hall–Kier alpha value is -2.31. The highest BCUT2D eigenvalue weighted by Gasteiger charge is 2.18. The first-order valence-corrected chi connectivity index (χ1v) is 5.87. The van der Waals surface area contributed by atoms with E-state index >= 15 is 0 Å². The fourth-order valence-electron chi connectivity index (χ4n) is 1.45. The molecule has 104 valence electrons. The second-order valence-corrected chi connectivity index (χ2v) is 3.87. The van der Waals surface area contributed by atoms with Crippen LogP contribution in [0.1, 0.15) is 19.8 Å². The number of aliphatic carboxylic acids is 1. The van der Waals surface area contributed by atoms with Gasteiger partial charge in [-0.15, -0.1) is 0 Å². The van der Waals surface area contributed by atoms with E-state index in [4.69, 9.17) is 9.84 Å². The van der Waals surface area contributed by atoms with E-state index < -0.39 is 18.0 Å². The summed E-state index contributed by atoms with van der Waals surface area (Å²) >= 11 is 0. The van der Waals surface area contributed by atoms with Gasteiger partial charge in [0.25, 0.3) is 0 Å². The van der Waals surface area contributed by atoms with E-state index in [1.165, 1.54) is 13.3 Å². The van der Waals surface area contributed by atoms with Gasteiger partial charge in [-0.05, 0) is 12.5 Å². The molecule has 0 unspecified atom stereocenters. The Morgan fingerprint density at radius 3 is 2.68 bits per heavy atom. The van der Waals surface area contributed by atoms with Gasteiger partial charge in [-0.3, -0.25) is 0 Å². The predicted octanol–water partition coefficient (Wildman–Crippen LogP) is 1.46. The highest BCUT2D eigenvalue weighted by atomic mass is 16.5. The van der Waals surface area contributed by atoms with Gasteiger partial charge in [0, 0.05) is 6.07 Å². The summed E-state index contributed by atoms with van der Waals surface area (Å²) in [7, 11) is 1.49.